The van der Waals surface area contributed by atoms with E-state index in [1.165, 1.54) is 0 Å². The van der Waals surface area contributed by atoms with Crippen LogP contribution < -0.4 is 0 Å². The third kappa shape index (κ3) is 2.60. The highest BCUT2D eigenvalue weighted by Gasteiger charge is 2.61. The number of carboxylic acids is 1. The number of alkyl halides is 3. The summed E-state index contributed by atoms with van der Waals surface area (Å²) in [5.74, 6) is -2.25. The molecular formula is C8H10F3NO3. The minimum Gasteiger partial charge on any atom is -0.481 e. The van der Waals surface area contributed by atoms with Crippen LogP contribution in [-0.4, -0.2) is 23.7 Å². The molecule has 0 unspecified atom stereocenters. The molecule has 0 heterocycles. The van der Waals surface area contributed by atoms with Crippen LogP contribution in [0.3, 0.4) is 0 Å². The minimum atomic E-state index is -4.83. The highest BCUT2D eigenvalue weighted by atomic mass is 19.4. The van der Waals surface area contributed by atoms with Gasteiger partial charge in [0, 0.05) is 12.1 Å². The summed E-state index contributed by atoms with van der Waals surface area (Å²) in [5, 5.41) is 11.4. The molecule has 0 amide bonds. The fraction of sp³-hybridized carbons (Fsp3) is 0.750. The van der Waals surface area contributed by atoms with E-state index in [0.717, 1.165) is 6.21 Å². The lowest BCUT2D eigenvalue weighted by molar-refractivity contribution is -0.325. The number of nitrogens with zero attached hydrogens (tertiary/aromatic N) is 1. The maximum Gasteiger partial charge on any atom is 0.593 e. The van der Waals surface area contributed by atoms with Gasteiger partial charge in [0.1, 0.15) is 0 Å². The maximum atomic E-state index is 11.5. The average Bonchev–Trinajstić information content (AvgIpc) is 2.50. The predicted octanol–water partition coefficient (Wildman–Crippen LogP) is 1.87. The first-order valence-electron chi connectivity index (χ1n) is 4.17. The zero-order valence-electron chi connectivity index (χ0n) is 8.08. The van der Waals surface area contributed by atoms with Crippen LogP contribution in [0.5, 0.6) is 0 Å². The second-order valence-electron chi connectivity index (χ2n) is 3.95. The van der Waals surface area contributed by atoms with Crippen molar-refractivity contribution in [2.45, 2.75) is 20.2 Å². The van der Waals surface area contributed by atoms with Crippen molar-refractivity contribution >= 4 is 12.2 Å². The normalized spacial score (nSPS) is 29.1. The molecule has 0 aromatic carbocycles. The van der Waals surface area contributed by atoms with E-state index in [1.807, 2.05) is 0 Å². The second-order valence-corrected chi connectivity index (χ2v) is 3.95. The molecule has 0 radical (unpaired) electrons. The first kappa shape index (κ1) is 11.8. The van der Waals surface area contributed by atoms with Gasteiger partial charge < -0.3 is 5.11 Å². The molecule has 0 spiro atoms. The second kappa shape index (κ2) is 3.39. The van der Waals surface area contributed by atoms with E-state index in [1.54, 1.807) is 13.8 Å². The molecule has 15 heavy (non-hydrogen) atoms. The van der Waals surface area contributed by atoms with Crippen LogP contribution in [0.1, 0.15) is 13.8 Å². The van der Waals surface area contributed by atoms with Crippen molar-refractivity contribution < 1.29 is 27.9 Å². The third-order valence-electron chi connectivity index (χ3n) is 2.55. The van der Waals surface area contributed by atoms with Gasteiger partial charge in [-0.2, -0.15) is 0 Å². The Kier molecular flexibility index (Phi) is 2.67. The van der Waals surface area contributed by atoms with Gasteiger partial charge in [-0.05, 0) is 5.41 Å². The van der Waals surface area contributed by atoms with Gasteiger partial charge in [-0.3, -0.25) is 9.63 Å². The number of hydrogen-bond acceptors (Lipinski definition) is 3. The Morgan fingerprint density at radius 2 is 2.07 bits per heavy atom. The van der Waals surface area contributed by atoms with Crippen LogP contribution in [0.15, 0.2) is 5.16 Å². The quantitative estimate of drug-likeness (QED) is 0.589. The summed E-state index contributed by atoms with van der Waals surface area (Å²) in [5.41, 5.74) is -0.565. The smallest absolute Gasteiger partial charge is 0.481 e. The van der Waals surface area contributed by atoms with Gasteiger partial charge in [0.2, 0.25) is 0 Å². The van der Waals surface area contributed by atoms with Crippen molar-refractivity contribution in [2.75, 3.05) is 0 Å². The summed E-state index contributed by atoms with van der Waals surface area (Å²) in [4.78, 5) is 13.8. The van der Waals surface area contributed by atoms with Crippen molar-refractivity contribution in [1.29, 1.82) is 0 Å². The number of carbonyl (C=O) groups is 1. The van der Waals surface area contributed by atoms with Crippen LogP contribution >= 0.6 is 0 Å². The van der Waals surface area contributed by atoms with Gasteiger partial charge in [-0.1, -0.05) is 19.0 Å². The summed E-state index contributed by atoms with van der Waals surface area (Å²) >= 11 is 0. The van der Waals surface area contributed by atoms with Gasteiger partial charge in [0.05, 0.1) is 5.92 Å². The van der Waals surface area contributed by atoms with Crippen LogP contribution in [0.4, 0.5) is 13.2 Å². The topological polar surface area (TPSA) is 58.9 Å². The standard InChI is InChI=1S/C8H10F3NO3/c1-7(2)4(5(7)6(13)14)3-12-15-8(9,10)11/h3-5H,1-2H3,(H,13,14)/t4-,5-/m0/s1. The Morgan fingerprint density at radius 3 is 2.40 bits per heavy atom. The summed E-state index contributed by atoms with van der Waals surface area (Å²) in [7, 11) is 0. The molecule has 86 valence electrons. The van der Waals surface area contributed by atoms with Gasteiger partial charge in [0.15, 0.2) is 0 Å². The molecule has 0 aromatic heterocycles. The summed E-state index contributed by atoms with van der Waals surface area (Å²) in [6.07, 6.45) is -3.93. The molecule has 0 saturated heterocycles. The lowest BCUT2D eigenvalue weighted by atomic mass is 10.1. The Morgan fingerprint density at radius 1 is 1.53 bits per heavy atom. The van der Waals surface area contributed by atoms with Crippen LogP contribution in [0, 0.1) is 17.3 Å². The molecule has 1 aliphatic carbocycles. The first-order valence-corrected chi connectivity index (χ1v) is 4.17. The number of oxime groups is 1. The number of hydrogen-bond donors (Lipinski definition) is 1. The molecule has 1 rings (SSSR count). The Labute approximate surface area is 83.7 Å². The van der Waals surface area contributed by atoms with E-state index in [4.69, 9.17) is 5.11 Å². The Balaban J connectivity index is 2.52. The molecule has 4 nitrogen and oxygen atoms in total. The van der Waals surface area contributed by atoms with Crippen molar-refractivity contribution in [3.63, 3.8) is 0 Å². The zero-order valence-corrected chi connectivity index (χ0v) is 8.08. The fourth-order valence-corrected chi connectivity index (χ4v) is 1.58. The maximum absolute atomic E-state index is 11.5. The fourth-order valence-electron chi connectivity index (χ4n) is 1.58. The number of halogens is 3. The lowest BCUT2D eigenvalue weighted by Crippen LogP contribution is -2.09. The summed E-state index contributed by atoms with van der Waals surface area (Å²) in [6.45, 7) is 3.30. The average molecular weight is 225 g/mol. The van der Waals surface area contributed by atoms with E-state index in [0.29, 0.717) is 0 Å². The SMILES string of the molecule is CC1(C)[C@H](C(=O)O)[C@@H]1C=NOC(F)(F)F. The molecule has 0 aromatic rings. The van der Waals surface area contributed by atoms with Crippen LogP contribution in [-0.2, 0) is 9.63 Å². The van der Waals surface area contributed by atoms with Crippen LogP contribution in [0.25, 0.3) is 0 Å². The van der Waals surface area contributed by atoms with E-state index in [2.05, 4.69) is 9.99 Å². The van der Waals surface area contributed by atoms with Gasteiger partial charge in [0.25, 0.3) is 0 Å². The molecule has 7 heteroatoms. The summed E-state index contributed by atoms with van der Waals surface area (Å²) < 4.78 is 34.6. The number of aliphatic carboxylic acids is 1. The van der Waals surface area contributed by atoms with E-state index < -0.39 is 29.6 Å². The first-order chi connectivity index (χ1) is 6.66. The predicted molar refractivity (Wildman–Crippen MR) is 44.0 cm³/mol. The molecule has 1 aliphatic rings. The number of carboxylic acid groups (broad SMARTS) is 1. The molecule has 1 fully saturated rings. The van der Waals surface area contributed by atoms with Gasteiger partial charge >= 0.3 is 12.3 Å². The third-order valence-corrected chi connectivity index (χ3v) is 2.55. The highest BCUT2D eigenvalue weighted by Crippen LogP contribution is 2.57. The highest BCUT2D eigenvalue weighted by molar-refractivity contribution is 5.84. The summed E-state index contributed by atoms with van der Waals surface area (Å²) in [6, 6.07) is 0. The van der Waals surface area contributed by atoms with E-state index >= 15 is 0 Å². The Hall–Kier alpha value is -1.27. The lowest BCUT2D eigenvalue weighted by Gasteiger charge is -2.00. The van der Waals surface area contributed by atoms with Crippen molar-refractivity contribution in [2.24, 2.45) is 22.4 Å². The van der Waals surface area contributed by atoms with Crippen molar-refractivity contribution in [3.8, 4) is 0 Å². The molecular weight excluding hydrogens is 215 g/mol. The molecule has 2 atom stereocenters. The van der Waals surface area contributed by atoms with Crippen LogP contribution in [0.2, 0.25) is 0 Å². The largest absolute Gasteiger partial charge is 0.593 e. The van der Waals surface area contributed by atoms with Crippen molar-refractivity contribution in [1.82, 2.24) is 0 Å². The van der Waals surface area contributed by atoms with Gasteiger partial charge in [-0.15, -0.1) is 13.2 Å². The van der Waals surface area contributed by atoms with E-state index in [9.17, 15) is 18.0 Å². The zero-order chi connectivity index (χ0) is 11.9. The van der Waals surface area contributed by atoms with Gasteiger partial charge in [-0.25, -0.2) is 0 Å². The molecule has 0 aliphatic heterocycles. The Bertz CT molecular complexity index is 298. The minimum absolute atomic E-state index is 0.516. The molecule has 0 bridgehead atoms. The van der Waals surface area contributed by atoms with E-state index in [-0.39, 0.29) is 0 Å². The van der Waals surface area contributed by atoms with Crippen molar-refractivity contribution in [3.05, 3.63) is 0 Å². The molecule has 1 N–H and O–H groups in total. The molecule has 1 saturated carbocycles. The monoisotopic (exact) mass is 225 g/mol. The number of rotatable bonds is 3.